The van der Waals surface area contributed by atoms with Gasteiger partial charge in [-0.3, -0.25) is 4.79 Å². The van der Waals surface area contributed by atoms with Crippen LogP contribution >= 0.6 is 0 Å². The van der Waals surface area contributed by atoms with Crippen molar-refractivity contribution in [3.63, 3.8) is 0 Å². The number of rotatable bonds is 2. The van der Waals surface area contributed by atoms with Crippen molar-refractivity contribution in [2.75, 3.05) is 0 Å². The average Bonchev–Trinajstić information content (AvgIpc) is 1.67. The number of aliphatic carboxylic acids is 1. The Bertz CT molecular complexity index is 135. The zero-order valence-corrected chi connectivity index (χ0v) is 3.79. The first-order valence-electron chi connectivity index (χ1n) is 1.68. The number of carboxylic acids is 1. The van der Waals surface area contributed by atoms with Crippen LogP contribution in [0.5, 0.6) is 0 Å². The van der Waals surface area contributed by atoms with Crippen LogP contribution < -0.4 is 0 Å². The number of hydrogen-bond donors (Lipinski definition) is 2. The third-order valence-electron chi connectivity index (χ3n) is 0.415. The van der Waals surface area contributed by atoms with E-state index in [0.29, 0.717) is 6.08 Å². The largest absolute Gasteiger partial charge is 0.502 e. The molecule has 0 aliphatic carbocycles. The molecule has 0 spiro atoms. The summed E-state index contributed by atoms with van der Waals surface area (Å²) < 4.78 is 0. The first-order valence-corrected chi connectivity index (χ1v) is 1.68. The van der Waals surface area contributed by atoms with Crippen molar-refractivity contribution in [1.82, 2.24) is 0 Å². The molecule has 0 saturated heterocycles. The number of allylic oxidation sites excluding steroid dienone is 1. The molecule has 1 radical (unpaired) electrons. The van der Waals surface area contributed by atoms with Crippen LogP contribution in [0.3, 0.4) is 0 Å². The normalized spacial score (nSPS) is 10.8. The third kappa shape index (κ3) is 1.96. The van der Waals surface area contributed by atoms with Crippen LogP contribution in [0.25, 0.3) is 0 Å². The van der Waals surface area contributed by atoms with Gasteiger partial charge in [0.2, 0.25) is 12.0 Å². The summed E-state index contributed by atoms with van der Waals surface area (Å²) in [5.74, 6) is -2.53. The van der Waals surface area contributed by atoms with E-state index in [1.54, 1.807) is 0 Å². The van der Waals surface area contributed by atoms with Gasteiger partial charge in [0, 0.05) is 6.08 Å². The molecule has 0 heterocycles. The lowest BCUT2D eigenvalue weighted by Gasteiger charge is -1.82. The molecule has 0 aromatic carbocycles. The standard InChI is InChI=1S/C4H3O4/c5-2-1-3(6)4(7)8/h1,6H,(H,7,8). The number of carbonyl (C=O) groups excluding carboxylic acids is 1. The van der Waals surface area contributed by atoms with E-state index < -0.39 is 11.7 Å². The maximum atomic E-state index is 9.59. The molecule has 0 aromatic rings. The molecule has 4 heteroatoms. The van der Waals surface area contributed by atoms with Crippen molar-refractivity contribution >= 4 is 12.3 Å². The summed E-state index contributed by atoms with van der Waals surface area (Å²) in [5, 5.41) is 15.9. The summed E-state index contributed by atoms with van der Waals surface area (Å²) in [6.07, 6.45) is 1.54. The van der Waals surface area contributed by atoms with Gasteiger partial charge in [-0.1, -0.05) is 0 Å². The third-order valence-corrected chi connectivity index (χ3v) is 0.415. The van der Waals surface area contributed by atoms with Crippen molar-refractivity contribution in [2.45, 2.75) is 0 Å². The summed E-state index contributed by atoms with van der Waals surface area (Å²) in [7, 11) is 0. The molecule has 4 nitrogen and oxygen atoms in total. The Hall–Kier alpha value is -1.32. The van der Waals surface area contributed by atoms with Gasteiger partial charge in [-0.2, -0.15) is 0 Å². The summed E-state index contributed by atoms with van der Waals surface area (Å²) in [5.41, 5.74) is 0. The minimum Gasteiger partial charge on any atom is -0.502 e. The highest BCUT2D eigenvalue weighted by Gasteiger charge is 2.00. The minimum atomic E-state index is -1.53. The van der Waals surface area contributed by atoms with E-state index in [9.17, 15) is 9.59 Å². The number of carboxylic acid groups (broad SMARTS) is 1. The molecular formula is C4H3O4. The molecule has 2 N–H and O–H groups in total. The lowest BCUT2D eigenvalue weighted by atomic mass is 10.5. The molecule has 0 fully saturated rings. The van der Waals surface area contributed by atoms with Gasteiger partial charge >= 0.3 is 5.97 Å². The zero-order valence-electron chi connectivity index (χ0n) is 3.79. The molecule has 0 bridgehead atoms. The van der Waals surface area contributed by atoms with Crippen molar-refractivity contribution in [3.8, 4) is 0 Å². The average molecular weight is 115 g/mol. The van der Waals surface area contributed by atoms with E-state index in [0.717, 1.165) is 6.29 Å². The van der Waals surface area contributed by atoms with Gasteiger partial charge in [-0.25, -0.2) is 4.79 Å². The Morgan fingerprint density at radius 1 is 1.50 bits per heavy atom. The van der Waals surface area contributed by atoms with E-state index in [1.807, 2.05) is 0 Å². The van der Waals surface area contributed by atoms with E-state index in [4.69, 9.17) is 10.2 Å². The monoisotopic (exact) mass is 115 g/mol. The second kappa shape index (κ2) is 2.79. The fourth-order valence-corrected chi connectivity index (χ4v) is 0.118. The lowest BCUT2D eigenvalue weighted by molar-refractivity contribution is -0.135. The predicted molar refractivity (Wildman–Crippen MR) is 24.0 cm³/mol. The van der Waals surface area contributed by atoms with Gasteiger partial charge in [0.1, 0.15) is 0 Å². The molecule has 0 unspecified atom stereocenters. The number of aliphatic hydroxyl groups is 1. The summed E-state index contributed by atoms with van der Waals surface area (Å²) >= 11 is 0. The molecule has 43 valence electrons. The number of carbonyl (C=O) groups is 1. The van der Waals surface area contributed by atoms with Gasteiger partial charge < -0.3 is 10.2 Å². The SMILES string of the molecule is O=[C]C=C(O)C(=O)O. The molecular weight excluding hydrogens is 112 g/mol. The Balaban J connectivity index is 3.99. The predicted octanol–water partition coefficient (Wildman–Crippen LogP) is -0.377. The van der Waals surface area contributed by atoms with Crippen molar-refractivity contribution in [1.29, 1.82) is 0 Å². The highest BCUT2D eigenvalue weighted by Crippen LogP contribution is 1.82. The van der Waals surface area contributed by atoms with Crippen LogP contribution in [-0.2, 0) is 9.59 Å². The number of aliphatic hydroxyl groups excluding tert-OH is 1. The van der Waals surface area contributed by atoms with Gasteiger partial charge in [0.15, 0.2) is 0 Å². The molecule has 0 amide bonds. The van der Waals surface area contributed by atoms with Crippen LogP contribution in [0.15, 0.2) is 11.8 Å². The van der Waals surface area contributed by atoms with E-state index in [-0.39, 0.29) is 0 Å². The van der Waals surface area contributed by atoms with E-state index in [1.165, 1.54) is 0 Å². The minimum absolute atomic E-state index is 0.433. The molecule has 0 aliphatic rings. The number of hydrogen-bond acceptors (Lipinski definition) is 3. The molecule has 8 heavy (non-hydrogen) atoms. The molecule has 0 aromatic heterocycles. The lowest BCUT2D eigenvalue weighted by Crippen LogP contribution is -1.98. The highest BCUT2D eigenvalue weighted by molar-refractivity contribution is 5.88. The Kier molecular flexibility index (Phi) is 2.33. The van der Waals surface area contributed by atoms with Crippen molar-refractivity contribution in [2.24, 2.45) is 0 Å². The van der Waals surface area contributed by atoms with Crippen LogP contribution in [0.1, 0.15) is 0 Å². The molecule has 0 atom stereocenters. The summed E-state index contributed by atoms with van der Waals surface area (Å²) in [6.45, 7) is 0. The van der Waals surface area contributed by atoms with Crippen LogP contribution in [-0.4, -0.2) is 22.5 Å². The fourth-order valence-electron chi connectivity index (χ4n) is 0.118. The van der Waals surface area contributed by atoms with Crippen molar-refractivity contribution < 1.29 is 19.8 Å². The molecule has 0 rings (SSSR count). The van der Waals surface area contributed by atoms with E-state index in [2.05, 4.69) is 0 Å². The second-order valence-corrected chi connectivity index (χ2v) is 0.953. The summed E-state index contributed by atoms with van der Waals surface area (Å²) in [4.78, 5) is 18.9. The Morgan fingerprint density at radius 3 is 2.12 bits per heavy atom. The zero-order chi connectivity index (χ0) is 6.57. The van der Waals surface area contributed by atoms with Crippen LogP contribution in [0, 0.1) is 0 Å². The smallest absolute Gasteiger partial charge is 0.371 e. The first-order chi connectivity index (χ1) is 3.68. The quantitative estimate of drug-likeness (QED) is 0.380. The molecule has 0 saturated carbocycles. The maximum Gasteiger partial charge on any atom is 0.371 e. The fraction of sp³-hybridized carbons (Fsp3) is 0. The topological polar surface area (TPSA) is 74.6 Å². The van der Waals surface area contributed by atoms with Gasteiger partial charge in [-0.05, 0) is 0 Å². The van der Waals surface area contributed by atoms with Gasteiger partial charge in [0.05, 0.1) is 0 Å². The van der Waals surface area contributed by atoms with E-state index >= 15 is 0 Å². The Morgan fingerprint density at radius 2 is 2.00 bits per heavy atom. The second-order valence-electron chi connectivity index (χ2n) is 0.953. The van der Waals surface area contributed by atoms with Gasteiger partial charge in [-0.15, -0.1) is 0 Å². The van der Waals surface area contributed by atoms with Crippen molar-refractivity contribution in [3.05, 3.63) is 11.8 Å². The van der Waals surface area contributed by atoms with Crippen LogP contribution in [0.4, 0.5) is 0 Å². The Labute approximate surface area is 45.1 Å². The summed E-state index contributed by atoms with van der Waals surface area (Å²) in [6, 6.07) is 0. The van der Waals surface area contributed by atoms with Gasteiger partial charge in [0.25, 0.3) is 0 Å². The highest BCUT2D eigenvalue weighted by atomic mass is 16.4. The maximum absolute atomic E-state index is 9.59. The molecule has 0 aliphatic heterocycles. The van der Waals surface area contributed by atoms with Crippen LogP contribution in [0.2, 0.25) is 0 Å². The first kappa shape index (κ1) is 6.68.